The molecule has 3 heteroatoms. The van der Waals surface area contributed by atoms with Gasteiger partial charge in [-0.25, -0.2) is 0 Å². The highest BCUT2D eigenvalue weighted by Crippen LogP contribution is 2.60. The topological polar surface area (TPSA) is 60.7 Å². The van der Waals surface area contributed by atoms with Crippen molar-refractivity contribution >= 4 is 0 Å². The minimum Gasteiger partial charge on any atom is -0.393 e. The van der Waals surface area contributed by atoms with Gasteiger partial charge in [0.15, 0.2) is 0 Å². The summed E-state index contributed by atoms with van der Waals surface area (Å²) in [5.74, 6) is 2.22. The number of aliphatic hydroxyl groups excluding tert-OH is 2. The molecule has 0 saturated heterocycles. The number of hydrogen-bond acceptors (Lipinski definition) is 3. The summed E-state index contributed by atoms with van der Waals surface area (Å²) >= 11 is 0. The molecule has 3 N–H and O–H groups in total. The van der Waals surface area contributed by atoms with Crippen molar-refractivity contribution in [1.29, 1.82) is 0 Å². The molecule has 0 unspecified atom stereocenters. The number of allylic oxidation sites excluding steroid dienone is 3. The van der Waals surface area contributed by atoms with Crippen LogP contribution in [0.25, 0.3) is 0 Å². The highest BCUT2D eigenvalue weighted by molar-refractivity contribution is 5.38. The largest absolute Gasteiger partial charge is 0.393 e. The molecule has 3 saturated carbocycles. The van der Waals surface area contributed by atoms with E-state index in [-0.39, 0.29) is 0 Å². The van der Waals surface area contributed by atoms with Crippen molar-refractivity contribution in [2.45, 2.75) is 135 Å². The molecule has 0 aromatic carbocycles. The fourth-order valence-electron chi connectivity index (χ4n) is 7.58. The standard InChI is InChI=1S/C31H52O3/c1-6-31(34,7-2)19-10-8-9-12-22(3)27-16-17-28-24(13-11-18-30(27,28)5)14-15-25-20-26(32)21-29(33)23(25)4/h14-15,22,26-29,32-34H,4,6-13,16-21H2,1-3,5H3/t22-,26-,27-,28+,29+,30-/m1/s1. The zero-order valence-electron chi connectivity index (χ0n) is 22.5. The fourth-order valence-corrected chi connectivity index (χ4v) is 7.58. The molecule has 34 heavy (non-hydrogen) atoms. The van der Waals surface area contributed by atoms with Crippen LogP contribution in [-0.4, -0.2) is 33.1 Å². The Morgan fingerprint density at radius 1 is 1.12 bits per heavy atom. The van der Waals surface area contributed by atoms with E-state index in [1.807, 2.05) is 0 Å². The Kier molecular flexibility index (Phi) is 9.68. The summed E-state index contributed by atoms with van der Waals surface area (Å²) in [4.78, 5) is 0. The van der Waals surface area contributed by atoms with Gasteiger partial charge >= 0.3 is 0 Å². The van der Waals surface area contributed by atoms with Crippen molar-refractivity contribution in [2.75, 3.05) is 0 Å². The second-order valence-corrected chi connectivity index (χ2v) is 12.2. The Labute approximate surface area is 209 Å². The van der Waals surface area contributed by atoms with Gasteiger partial charge in [0.1, 0.15) is 0 Å². The van der Waals surface area contributed by atoms with E-state index in [9.17, 15) is 15.3 Å². The van der Waals surface area contributed by atoms with Crippen LogP contribution >= 0.6 is 0 Å². The van der Waals surface area contributed by atoms with E-state index in [2.05, 4.69) is 46.4 Å². The first-order chi connectivity index (χ1) is 16.1. The van der Waals surface area contributed by atoms with Crippen LogP contribution in [-0.2, 0) is 0 Å². The van der Waals surface area contributed by atoms with Crippen molar-refractivity contribution < 1.29 is 15.3 Å². The first kappa shape index (κ1) is 27.7. The molecule has 0 spiro atoms. The number of fused-ring (bicyclic) bond motifs is 1. The predicted octanol–water partition coefficient (Wildman–Crippen LogP) is 7.27. The van der Waals surface area contributed by atoms with Gasteiger partial charge in [-0.05, 0) is 92.1 Å². The molecule has 3 rings (SSSR count). The Morgan fingerprint density at radius 2 is 1.85 bits per heavy atom. The summed E-state index contributed by atoms with van der Waals surface area (Å²) in [6.45, 7) is 13.3. The van der Waals surface area contributed by atoms with Crippen molar-refractivity contribution in [2.24, 2.45) is 23.2 Å². The molecule has 0 heterocycles. The summed E-state index contributed by atoms with van der Waals surface area (Å²) in [5, 5.41) is 30.8. The number of hydrogen-bond donors (Lipinski definition) is 3. The smallest absolute Gasteiger partial charge is 0.0811 e. The second-order valence-electron chi connectivity index (χ2n) is 12.2. The zero-order valence-corrected chi connectivity index (χ0v) is 22.5. The molecule has 6 atom stereocenters. The van der Waals surface area contributed by atoms with Crippen molar-refractivity contribution in [3.63, 3.8) is 0 Å². The summed E-state index contributed by atoms with van der Waals surface area (Å²) < 4.78 is 0. The molecule has 0 radical (unpaired) electrons. The van der Waals surface area contributed by atoms with Gasteiger partial charge in [-0.1, -0.05) is 77.7 Å². The van der Waals surface area contributed by atoms with Crippen LogP contribution in [0.3, 0.4) is 0 Å². The van der Waals surface area contributed by atoms with Gasteiger partial charge in [-0.3, -0.25) is 0 Å². The zero-order chi connectivity index (χ0) is 24.9. The fraction of sp³-hybridized carbons (Fsp3) is 0.806. The van der Waals surface area contributed by atoms with E-state index in [4.69, 9.17) is 0 Å². The quantitative estimate of drug-likeness (QED) is 0.293. The highest BCUT2D eigenvalue weighted by atomic mass is 16.3. The third-order valence-corrected chi connectivity index (χ3v) is 10.1. The number of aliphatic hydroxyl groups is 3. The normalized spacial score (nSPS) is 35.7. The van der Waals surface area contributed by atoms with Crippen LogP contribution in [0, 0.1) is 23.2 Å². The molecule has 3 fully saturated rings. The molecule has 3 aliphatic rings. The second kappa shape index (κ2) is 11.9. The minimum atomic E-state index is -0.612. The lowest BCUT2D eigenvalue weighted by Crippen LogP contribution is -2.36. The maximum atomic E-state index is 10.5. The molecular weight excluding hydrogens is 420 g/mol. The third kappa shape index (κ3) is 6.26. The van der Waals surface area contributed by atoms with Gasteiger partial charge in [0.25, 0.3) is 0 Å². The lowest BCUT2D eigenvalue weighted by molar-refractivity contribution is 0.0209. The molecule has 0 aliphatic heterocycles. The molecular formula is C31H52O3. The van der Waals surface area contributed by atoms with Gasteiger partial charge in [0.2, 0.25) is 0 Å². The van der Waals surface area contributed by atoms with Gasteiger partial charge in [-0.2, -0.15) is 0 Å². The molecule has 0 aromatic heterocycles. The highest BCUT2D eigenvalue weighted by Gasteiger charge is 2.50. The average molecular weight is 473 g/mol. The average Bonchev–Trinajstić information content (AvgIpc) is 3.17. The van der Waals surface area contributed by atoms with Crippen molar-refractivity contribution in [3.8, 4) is 0 Å². The maximum absolute atomic E-state index is 10.5. The summed E-state index contributed by atoms with van der Waals surface area (Å²) in [7, 11) is 0. The molecule has 3 nitrogen and oxygen atoms in total. The van der Waals surface area contributed by atoms with Gasteiger partial charge in [0, 0.05) is 6.42 Å². The number of unbranched alkanes of at least 4 members (excludes halogenated alkanes) is 2. The minimum absolute atomic E-state index is 0.398. The SMILES string of the molecule is C=C1C(=CC=C2CCC[C@]3(C)[C@@H]([C@H](C)CCCCCC(O)(CC)CC)CC[C@@H]23)C[C@@H](O)C[C@@H]1O. The Hall–Kier alpha value is -0.900. The van der Waals surface area contributed by atoms with E-state index in [0.29, 0.717) is 24.2 Å². The van der Waals surface area contributed by atoms with Gasteiger partial charge in [-0.15, -0.1) is 0 Å². The number of rotatable bonds is 10. The Balaban J connectivity index is 1.58. The summed E-state index contributed by atoms with van der Waals surface area (Å²) in [6.07, 6.45) is 18.5. The van der Waals surface area contributed by atoms with Crippen LogP contribution in [0.2, 0.25) is 0 Å². The summed E-state index contributed by atoms with van der Waals surface area (Å²) in [5.41, 5.74) is 3.34. The van der Waals surface area contributed by atoms with Gasteiger partial charge in [0.05, 0.1) is 17.8 Å². The van der Waals surface area contributed by atoms with Crippen LogP contribution in [0.1, 0.15) is 118 Å². The lowest BCUT2D eigenvalue weighted by atomic mass is 9.60. The first-order valence-electron chi connectivity index (χ1n) is 14.3. The van der Waals surface area contributed by atoms with Crippen LogP contribution < -0.4 is 0 Å². The molecule has 0 bridgehead atoms. The van der Waals surface area contributed by atoms with E-state index in [0.717, 1.165) is 48.7 Å². The molecule has 0 amide bonds. The monoisotopic (exact) mass is 472 g/mol. The van der Waals surface area contributed by atoms with Crippen molar-refractivity contribution in [1.82, 2.24) is 0 Å². The van der Waals surface area contributed by atoms with E-state index in [1.54, 1.807) is 5.57 Å². The van der Waals surface area contributed by atoms with E-state index < -0.39 is 17.8 Å². The van der Waals surface area contributed by atoms with Crippen molar-refractivity contribution in [3.05, 3.63) is 35.5 Å². The molecule has 3 aliphatic carbocycles. The Bertz CT molecular complexity index is 746. The van der Waals surface area contributed by atoms with E-state index in [1.165, 1.54) is 51.4 Å². The lowest BCUT2D eigenvalue weighted by Gasteiger charge is -2.44. The van der Waals surface area contributed by atoms with Gasteiger partial charge < -0.3 is 15.3 Å². The third-order valence-electron chi connectivity index (χ3n) is 10.1. The van der Waals surface area contributed by atoms with Crippen LogP contribution in [0.15, 0.2) is 35.5 Å². The predicted molar refractivity (Wildman–Crippen MR) is 143 cm³/mol. The first-order valence-corrected chi connectivity index (χ1v) is 14.3. The Morgan fingerprint density at radius 3 is 2.56 bits per heavy atom. The molecule has 194 valence electrons. The molecule has 0 aromatic rings. The van der Waals surface area contributed by atoms with E-state index >= 15 is 0 Å². The van der Waals surface area contributed by atoms with Crippen LogP contribution in [0.4, 0.5) is 0 Å². The maximum Gasteiger partial charge on any atom is 0.0811 e. The summed E-state index contributed by atoms with van der Waals surface area (Å²) in [6, 6.07) is 0. The van der Waals surface area contributed by atoms with Crippen LogP contribution in [0.5, 0.6) is 0 Å².